The molecular weight excluding hydrogens is 332 g/mol. The molecule has 3 rings (SSSR count). The molecule has 0 unspecified atom stereocenters. The molecule has 1 aromatic carbocycles. The van der Waals surface area contributed by atoms with Crippen molar-refractivity contribution in [2.24, 2.45) is 5.92 Å². The first-order chi connectivity index (χ1) is 10.8. The van der Waals surface area contributed by atoms with E-state index in [1.807, 2.05) is 29.2 Å². The molecule has 2 heterocycles. The normalized spacial score (nSPS) is 26.0. The zero-order valence-electron chi connectivity index (χ0n) is 13.6. The largest absolute Gasteiger partial charge is 0.495 e. The van der Waals surface area contributed by atoms with E-state index in [9.17, 15) is 8.42 Å². The molecule has 0 N–H and O–H groups in total. The van der Waals surface area contributed by atoms with Gasteiger partial charge < -0.3 is 14.5 Å². The highest BCUT2D eigenvalue weighted by Gasteiger charge is 2.52. The summed E-state index contributed by atoms with van der Waals surface area (Å²) >= 11 is 5.70. The SMILES string of the molecule is COc1ccccc1N1C(=S)N(CC(C)C)[C@H]2CS(=O)(=O)C[C@@H]21. The molecule has 1 aromatic rings. The topological polar surface area (TPSA) is 49.9 Å². The zero-order chi connectivity index (χ0) is 16.8. The molecule has 2 aliphatic heterocycles. The molecular formula is C16H22N2O3S2. The Hall–Kier alpha value is -1.34. The van der Waals surface area contributed by atoms with E-state index in [-0.39, 0.29) is 23.6 Å². The van der Waals surface area contributed by atoms with Crippen molar-refractivity contribution in [2.45, 2.75) is 25.9 Å². The minimum absolute atomic E-state index is 0.0696. The van der Waals surface area contributed by atoms with Crippen LogP contribution in [0.25, 0.3) is 0 Å². The maximum atomic E-state index is 12.2. The highest BCUT2D eigenvalue weighted by molar-refractivity contribution is 7.91. The average Bonchev–Trinajstić information content (AvgIpc) is 2.91. The number of ether oxygens (including phenoxy) is 1. The number of fused-ring (bicyclic) bond motifs is 1. The fourth-order valence-electron chi connectivity index (χ4n) is 3.49. The second-order valence-corrected chi connectivity index (χ2v) is 9.10. The molecule has 2 fully saturated rings. The average molecular weight is 354 g/mol. The van der Waals surface area contributed by atoms with Gasteiger partial charge in [0.15, 0.2) is 14.9 Å². The van der Waals surface area contributed by atoms with Gasteiger partial charge in [-0.25, -0.2) is 8.42 Å². The zero-order valence-corrected chi connectivity index (χ0v) is 15.2. The standard InChI is InChI=1S/C16H22N2O3S2/c1-11(2)8-17-13-9-23(19,20)10-14(13)18(16(17)22)12-6-4-5-7-15(12)21-3/h4-7,11,13-14H,8-10H2,1-3H3/t13-,14-/m0/s1. The molecule has 126 valence electrons. The van der Waals surface area contributed by atoms with Crippen LogP contribution >= 0.6 is 12.2 Å². The van der Waals surface area contributed by atoms with E-state index in [1.54, 1.807) is 7.11 Å². The number of anilines is 1. The third kappa shape index (κ3) is 2.92. The number of hydrogen-bond acceptors (Lipinski definition) is 4. The van der Waals surface area contributed by atoms with Gasteiger partial charge in [-0.05, 0) is 30.3 Å². The van der Waals surface area contributed by atoms with Crippen LogP contribution in [-0.2, 0) is 9.84 Å². The Morgan fingerprint density at radius 1 is 1.26 bits per heavy atom. The molecule has 2 saturated heterocycles. The molecule has 5 nitrogen and oxygen atoms in total. The summed E-state index contributed by atoms with van der Waals surface area (Å²) in [5, 5.41) is 0.702. The number of methoxy groups -OCH3 is 1. The monoisotopic (exact) mass is 354 g/mol. The molecule has 0 spiro atoms. The number of para-hydroxylation sites is 2. The van der Waals surface area contributed by atoms with E-state index < -0.39 is 9.84 Å². The van der Waals surface area contributed by atoms with Gasteiger partial charge in [0.1, 0.15) is 5.75 Å². The van der Waals surface area contributed by atoms with Crippen LogP contribution in [0, 0.1) is 5.92 Å². The number of benzene rings is 1. The van der Waals surface area contributed by atoms with Gasteiger partial charge in [0.2, 0.25) is 0 Å². The summed E-state index contributed by atoms with van der Waals surface area (Å²) in [6.07, 6.45) is 0. The summed E-state index contributed by atoms with van der Waals surface area (Å²) in [6, 6.07) is 7.43. The van der Waals surface area contributed by atoms with Gasteiger partial charge in [0, 0.05) is 6.54 Å². The van der Waals surface area contributed by atoms with Crippen molar-refractivity contribution in [3.63, 3.8) is 0 Å². The summed E-state index contributed by atoms with van der Waals surface area (Å²) in [5.74, 6) is 1.44. The summed E-state index contributed by atoms with van der Waals surface area (Å²) in [7, 11) is -1.42. The Morgan fingerprint density at radius 2 is 1.91 bits per heavy atom. The van der Waals surface area contributed by atoms with Gasteiger partial charge in [-0.2, -0.15) is 0 Å². The van der Waals surface area contributed by atoms with Crippen LogP contribution < -0.4 is 9.64 Å². The van der Waals surface area contributed by atoms with E-state index in [1.165, 1.54) is 0 Å². The summed E-state index contributed by atoms with van der Waals surface area (Å²) in [4.78, 5) is 4.06. The van der Waals surface area contributed by atoms with Crippen LogP contribution in [0.1, 0.15) is 13.8 Å². The lowest BCUT2D eigenvalue weighted by atomic mass is 10.1. The lowest BCUT2D eigenvalue weighted by Crippen LogP contribution is -2.39. The van der Waals surface area contributed by atoms with E-state index in [0.717, 1.165) is 12.2 Å². The fourth-order valence-corrected chi connectivity index (χ4v) is 5.89. The highest BCUT2D eigenvalue weighted by atomic mass is 32.2. The van der Waals surface area contributed by atoms with Gasteiger partial charge in [-0.3, -0.25) is 0 Å². The minimum Gasteiger partial charge on any atom is -0.495 e. The Kier molecular flexibility index (Phi) is 4.27. The third-order valence-electron chi connectivity index (χ3n) is 4.38. The number of thiocarbonyl (C=S) groups is 1. The molecule has 2 atom stereocenters. The number of rotatable bonds is 4. The van der Waals surface area contributed by atoms with E-state index in [4.69, 9.17) is 17.0 Å². The molecule has 0 amide bonds. The number of hydrogen-bond donors (Lipinski definition) is 0. The Balaban J connectivity index is 2.04. The van der Waals surface area contributed by atoms with E-state index >= 15 is 0 Å². The minimum atomic E-state index is -3.04. The first-order valence-electron chi connectivity index (χ1n) is 7.77. The van der Waals surface area contributed by atoms with Gasteiger partial charge in [0.25, 0.3) is 0 Å². The fraction of sp³-hybridized carbons (Fsp3) is 0.562. The van der Waals surface area contributed by atoms with Crippen molar-refractivity contribution in [2.75, 3.05) is 30.1 Å². The van der Waals surface area contributed by atoms with Gasteiger partial charge in [-0.15, -0.1) is 0 Å². The Bertz CT molecular complexity index is 718. The van der Waals surface area contributed by atoms with Crippen LogP contribution in [0.5, 0.6) is 5.75 Å². The van der Waals surface area contributed by atoms with Crippen LogP contribution in [-0.4, -0.2) is 55.7 Å². The van der Waals surface area contributed by atoms with Crippen molar-refractivity contribution in [3.05, 3.63) is 24.3 Å². The third-order valence-corrected chi connectivity index (χ3v) is 6.51. The molecule has 0 saturated carbocycles. The molecule has 2 aliphatic rings. The van der Waals surface area contributed by atoms with Gasteiger partial charge >= 0.3 is 0 Å². The van der Waals surface area contributed by atoms with Crippen molar-refractivity contribution in [1.82, 2.24) is 4.90 Å². The lowest BCUT2D eigenvalue weighted by molar-refractivity contribution is 0.319. The van der Waals surface area contributed by atoms with Gasteiger partial charge in [0.05, 0.1) is 36.4 Å². The predicted octanol–water partition coefficient (Wildman–Crippen LogP) is 1.92. The van der Waals surface area contributed by atoms with Gasteiger partial charge in [-0.1, -0.05) is 26.0 Å². The van der Waals surface area contributed by atoms with Crippen LogP contribution in [0.15, 0.2) is 24.3 Å². The van der Waals surface area contributed by atoms with E-state index in [0.29, 0.717) is 16.8 Å². The molecule has 0 bridgehead atoms. The van der Waals surface area contributed by atoms with Crippen molar-refractivity contribution >= 4 is 32.9 Å². The maximum absolute atomic E-state index is 12.2. The second kappa shape index (κ2) is 5.94. The first kappa shape index (κ1) is 16.5. The van der Waals surface area contributed by atoms with Crippen molar-refractivity contribution in [3.8, 4) is 5.75 Å². The van der Waals surface area contributed by atoms with Crippen molar-refractivity contribution < 1.29 is 13.2 Å². The molecule has 23 heavy (non-hydrogen) atoms. The molecule has 0 aromatic heterocycles. The molecule has 0 radical (unpaired) electrons. The highest BCUT2D eigenvalue weighted by Crippen LogP contribution is 2.39. The van der Waals surface area contributed by atoms with Crippen molar-refractivity contribution in [1.29, 1.82) is 0 Å². The quantitative estimate of drug-likeness (QED) is 0.770. The number of sulfone groups is 1. The number of nitrogens with zero attached hydrogens (tertiary/aromatic N) is 2. The lowest BCUT2D eigenvalue weighted by Gasteiger charge is -2.27. The van der Waals surface area contributed by atoms with Crippen LogP contribution in [0.3, 0.4) is 0 Å². The first-order valence-corrected chi connectivity index (χ1v) is 10.0. The predicted molar refractivity (Wildman–Crippen MR) is 95.8 cm³/mol. The van der Waals surface area contributed by atoms with Crippen LogP contribution in [0.2, 0.25) is 0 Å². The smallest absolute Gasteiger partial charge is 0.176 e. The Labute approximate surface area is 143 Å². The molecule has 7 heteroatoms. The van der Waals surface area contributed by atoms with Crippen LogP contribution in [0.4, 0.5) is 5.69 Å². The van der Waals surface area contributed by atoms with E-state index in [2.05, 4.69) is 18.7 Å². The second-order valence-electron chi connectivity index (χ2n) is 6.58. The molecule has 0 aliphatic carbocycles. The summed E-state index contributed by atoms with van der Waals surface area (Å²) in [6.45, 7) is 5.00. The summed E-state index contributed by atoms with van der Waals surface area (Å²) < 4.78 is 29.8. The maximum Gasteiger partial charge on any atom is 0.176 e. The Morgan fingerprint density at radius 3 is 2.57 bits per heavy atom. The summed E-state index contributed by atoms with van der Waals surface area (Å²) in [5.41, 5.74) is 0.846.